The lowest BCUT2D eigenvalue weighted by atomic mass is 10.2. The lowest BCUT2D eigenvalue weighted by molar-refractivity contribution is 0.181. The Hall–Kier alpha value is -1.34. The van der Waals surface area contributed by atoms with E-state index in [0.717, 1.165) is 30.3 Å². The molecule has 0 saturated heterocycles. The van der Waals surface area contributed by atoms with Crippen molar-refractivity contribution in [2.75, 3.05) is 17.4 Å². The molecule has 0 saturated carbocycles. The van der Waals surface area contributed by atoms with Crippen molar-refractivity contribution in [3.63, 3.8) is 0 Å². The third-order valence-corrected chi connectivity index (χ3v) is 4.72. The number of aromatic nitrogens is 2. The number of aryl methyl sites for hydroxylation is 2. The quantitative estimate of drug-likeness (QED) is 0.839. The predicted molar refractivity (Wildman–Crippen MR) is 94.1 cm³/mol. The van der Waals surface area contributed by atoms with E-state index in [2.05, 4.69) is 51.3 Å². The zero-order valence-corrected chi connectivity index (χ0v) is 15.1. The maximum Gasteiger partial charge on any atom is 0.170 e. The van der Waals surface area contributed by atoms with Gasteiger partial charge in [-0.15, -0.1) is 0 Å². The summed E-state index contributed by atoms with van der Waals surface area (Å²) in [6, 6.07) is 1.02. The van der Waals surface area contributed by atoms with E-state index in [1.54, 1.807) is 0 Å². The Balaban J connectivity index is 2.20. The fraction of sp³-hybridized carbons (Fsp3) is 0.667. The van der Waals surface area contributed by atoms with Gasteiger partial charge in [0.2, 0.25) is 0 Å². The van der Waals surface area contributed by atoms with E-state index < -0.39 is 0 Å². The van der Waals surface area contributed by atoms with Crippen LogP contribution in [0.4, 0.5) is 5.82 Å². The zero-order chi connectivity index (χ0) is 16.4. The third kappa shape index (κ3) is 3.52. The second-order valence-corrected chi connectivity index (χ2v) is 6.94. The van der Waals surface area contributed by atoms with Gasteiger partial charge in [-0.05, 0) is 41.5 Å². The first kappa shape index (κ1) is 17.0. The molecule has 1 aliphatic rings. The van der Waals surface area contributed by atoms with Crippen LogP contribution in [0.25, 0.3) is 0 Å². The average Bonchev–Trinajstić information content (AvgIpc) is 2.43. The van der Waals surface area contributed by atoms with Gasteiger partial charge in [0.1, 0.15) is 5.69 Å². The van der Waals surface area contributed by atoms with Crippen LogP contribution in [-0.4, -0.2) is 45.9 Å². The maximum absolute atomic E-state index is 5.97. The molecule has 0 atom stereocenters. The van der Waals surface area contributed by atoms with Gasteiger partial charge in [0, 0.05) is 25.2 Å². The number of nitrogens with zero attached hydrogens (tertiary/aromatic N) is 5. The fourth-order valence-electron chi connectivity index (χ4n) is 2.58. The van der Waals surface area contributed by atoms with Crippen LogP contribution in [-0.2, 0) is 0 Å². The number of amidine groups is 1. The number of hydrogen-bond donors (Lipinski definition) is 1. The largest absolute Gasteiger partial charge is 0.381 e. The molecule has 0 amide bonds. The molecule has 2 N–H and O–H groups in total. The molecule has 1 aliphatic heterocycles. The Morgan fingerprint density at radius 2 is 1.68 bits per heavy atom. The molecular weight excluding hydrogens is 296 g/mol. The van der Waals surface area contributed by atoms with Gasteiger partial charge in [-0.25, -0.2) is 9.97 Å². The molecule has 2 rings (SSSR count). The summed E-state index contributed by atoms with van der Waals surface area (Å²) in [6.07, 6.45) is 0. The van der Waals surface area contributed by atoms with Gasteiger partial charge in [-0.1, -0.05) is 0 Å². The van der Waals surface area contributed by atoms with E-state index in [0.29, 0.717) is 23.6 Å². The molecule has 1 aromatic heterocycles. The molecular formula is C15H26N6S. The van der Waals surface area contributed by atoms with Gasteiger partial charge in [-0.2, -0.15) is 4.40 Å². The molecule has 1 aromatic rings. The highest BCUT2D eigenvalue weighted by Crippen LogP contribution is 2.29. The molecule has 22 heavy (non-hydrogen) atoms. The minimum Gasteiger partial charge on any atom is -0.381 e. The molecule has 0 fully saturated rings. The van der Waals surface area contributed by atoms with Gasteiger partial charge < -0.3 is 5.73 Å². The summed E-state index contributed by atoms with van der Waals surface area (Å²) in [6.45, 7) is 14.6. The molecule has 0 aromatic carbocycles. The van der Waals surface area contributed by atoms with Crippen LogP contribution in [0, 0.1) is 13.8 Å². The van der Waals surface area contributed by atoms with Crippen molar-refractivity contribution in [1.29, 1.82) is 0 Å². The Labute approximate surface area is 137 Å². The Kier molecular flexibility index (Phi) is 5.28. The molecule has 0 radical (unpaired) electrons. The summed E-state index contributed by atoms with van der Waals surface area (Å²) in [7, 11) is 0. The molecule has 0 spiro atoms. The molecule has 0 unspecified atom stereocenters. The number of fused-ring (bicyclic) bond motifs is 1. The topological polar surface area (TPSA) is 70.6 Å². The summed E-state index contributed by atoms with van der Waals surface area (Å²) in [4.78, 5) is 11.7. The van der Waals surface area contributed by atoms with Gasteiger partial charge in [0.15, 0.2) is 11.7 Å². The van der Waals surface area contributed by atoms with E-state index in [-0.39, 0.29) is 0 Å². The Bertz CT molecular complexity index is 561. The van der Waals surface area contributed by atoms with Crippen LogP contribution in [0.2, 0.25) is 0 Å². The Morgan fingerprint density at radius 1 is 1.09 bits per heavy atom. The van der Waals surface area contributed by atoms with Gasteiger partial charge >= 0.3 is 0 Å². The molecule has 0 bridgehead atoms. The lowest BCUT2D eigenvalue weighted by Gasteiger charge is -2.33. The summed E-state index contributed by atoms with van der Waals surface area (Å²) in [5.41, 5.74) is 8.50. The Morgan fingerprint density at radius 3 is 2.27 bits per heavy atom. The first-order chi connectivity index (χ1) is 10.3. The van der Waals surface area contributed by atoms with Crippen molar-refractivity contribution in [3.05, 3.63) is 17.1 Å². The standard InChI is InChI=1S/C15H26N6S/c1-9(2)20(10(3)4)7-8-21-15-13(14(16)19-22-21)17-11(5)12(6)18-15/h9-10H,7-8H2,1-6H3,(H2,16,19). The SMILES string of the molecule is Cc1nc2c(nc1C)N(CCN(C(C)C)C(C)C)SN=C2N. The normalized spacial score (nSPS) is 14.8. The molecule has 122 valence electrons. The first-order valence-electron chi connectivity index (χ1n) is 7.70. The molecule has 2 heterocycles. The number of anilines is 1. The van der Waals surface area contributed by atoms with E-state index in [1.807, 2.05) is 13.8 Å². The molecule has 6 nitrogen and oxygen atoms in total. The highest BCUT2D eigenvalue weighted by Gasteiger charge is 2.25. The van der Waals surface area contributed by atoms with Crippen LogP contribution >= 0.6 is 12.1 Å². The van der Waals surface area contributed by atoms with E-state index in [4.69, 9.17) is 5.73 Å². The van der Waals surface area contributed by atoms with Crippen molar-refractivity contribution in [3.8, 4) is 0 Å². The molecule has 7 heteroatoms. The minimum atomic E-state index is 0.455. The lowest BCUT2D eigenvalue weighted by Crippen LogP contribution is -2.42. The summed E-state index contributed by atoms with van der Waals surface area (Å²) < 4.78 is 6.39. The molecule has 0 aliphatic carbocycles. The van der Waals surface area contributed by atoms with Crippen molar-refractivity contribution in [2.24, 2.45) is 10.1 Å². The van der Waals surface area contributed by atoms with Crippen LogP contribution < -0.4 is 10.0 Å². The number of hydrogen-bond acceptors (Lipinski definition) is 7. The monoisotopic (exact) mass is 322 g/mol. The smallest absolute Gasteiger partial charge is 0.170 e. The predicted octanol–water partition coefficient (Wildman–Crippen LogP) is 2.30. The summed E-state index contributed by atoms with van der Waals surface area (Å²) in [5, 5.41) is 0. The maximum atomic E-state index is 5.97. The van der Waals surface area contributed by atoms with Gasteiger partial charge in [-0.3, -0.25) is 9.21 Å². The van der Waals surface area contributed by atoms with E-state index >= 15 is 0 Å². The summed E-state index contributed by atoms with van der Waals surface area (Å²) in [5.74, 6) is 1.28. The highest BCUT2D eigenvalue weighted by molar-refractivity contribution is 7.99. The summed E-state index contributed by atoms with van der Waals surface area (Å²) >= 11 is 1.36. The highest BCUT2D eigenvalue weighted by atomic mass is 32.2. The number of rotatable bonds is 5. The van der Waals surface area contributed by atoms with Crippen molar-refractivity contribution in [2.45, 2.75) is 53.6 Å². The second kappa shape index (κ2) is 6.83. The van der Waals surface area contributed by atoms with Gasteiger partial charge in [0.25, 0.3) is 0 Å². The third-order valence-electron chi connectivity index (χ3n) is 3.89. The van der Waals surface area contributed by atoms with E-state index in [9.17, 15) is 0 Å². The van der Waals surface area contributed by atoms with Gasteiger partial charge in [0.05, 0.1) is 23.5 Å². The van der Waals surface area contributed by atoms with Crippen molar-refractivity contribution >= 4 is 23.8 Å². The average molecular weight is 322 g/mol. The minimum absolute atomic E-state index is 0.455. The van der Waals surface area contributed by atoms with E-state index in [1.165, 1.54) is 12.1 Å². The zero-order valence-electron chi connectivity index (χ0n) is 14.3. The second-order valence-electron chi connectivity index (χ2n) is 6.15. The fourth-order valence-corrected chi connectivity index (χ4v) is 3.22. The number of nitrogens with two attached hydrogens (primary N) is 1. The van der Waals surface area contributed by atoms with Crippen LogP contribution in [0.5, 0.6) is 0 Å². The van der Waals surface area contributed by atoms with Crippen LogP contribution in [0.15, 0.2) is 4.40 Å². The first-order valence-corrected chi connectivity index (χ1v) is 8.43. The van der Waals surface area contributed by atoms with Crippen molar-refractivity contribution < 1.29 is 0 Å². The van der Waals surface area contributed by atoms with Crippen LogP contribution in [0.1, 0.15) is 44.8 Å². The van der Waals surface area contributed by atoms with Crippen LogP contribution in [0.3, 0.4) is 0 Å². The van der Waals surface area contributed by atoms with Crippen molar-refractivity contribution in [1.82, 2.24) is 14.9 Å².